The molecule has 2 amide bonds. The summed E-state index contributed by atoms with van der Waals surface area (Å²) in [5.74, 6) is -2.60. The molecule has 0 radical (unpaired) electrons. The molecule has 36 heavy (non-hydrogen) atoms. The van der Waals surface area contributed by atoms with Crippen LogP contribution in [0.25, 0.3) is 0 Å². The Bertz CT molecular complexity index is 1260. The predicted molar refractivity (Wildman–Crippen MR) is 125 cm³/mol. The number of hydrogen-bond acceptors (Lipinski definition) is 5. The van der Waals surface area contributed by atoms with E-state index in [1.165, 1.54) is 12.1 Å². The monoisotopic (exact) mass is 497 g/mol. The van der Waals surface area contributed by atoms with E-state index in [4.69, 9.17) is 10.00 Å². The number of benzene rings is 2. The first kappa shape index (κ1) is 24.5. The van der Waals surface area contributed by atoms with Crippen LogP contribution in [0.1, 0.15) is 55.8 Å². The van der Waals surface area contributed by atoms with Gasteiger partial charge in [0.1, 0.15) is 0 Å². The molecule has 1 N–H and O–H groups in total. The van der Waals surface area contributed by atoms with E-state index < -0.39 is 52.2 Å². The van der Waals surface area contributed by atoms with Crippen LogP contribution in [0.3, 0.4) is 0 Å². The number of anilines is 1. The highest BCUT2D eigenvalue weighted by atomic mass is 19.4. The molecule has 1 unspecified atom stereocenters. The zero-order valence-corrected chi connectivity index (χ0v) is 19.9. The average molecular weight is 498 g/mol. The highest BCUT2D eigenvalue weighted by Crippen LogP contribution is 2.62. The Hall–Kier alpha value is -3.22. The van der Waals surface area contributed by atoms with Crippen molar-refractivity contribution in [3.8, 4) is 6.07 Å². The molecular weight excluding hydrogens is 471 g/mol. The number of amides is 2. The standard InChI is InChI=1S/C27H26F3N3O3/c1-16(17-6-4-3-5-7-17)32-13-12-26-11-10-25(2,36-26)21-22(26)24(35)33(23(21)34)19-9-8-18(15-31)20(14-19)27(28,29)30/h3-9,14,16,21-22,32H,10-13H2,1-2H3/t16?,21-,22+,25-,26-/m0/s1. The summed E-state index contributed by atoms with van der Waals surface area (Å²) in [5, 5.41) is 12.5. The molecular formula is C27H26F3N3O3. The van der Waals surface area contributed by atoms with Gasteiger partial charge < -0.3 is 10.1 Å². The summed E-state index contributed by atoms with van der Waals surface area (Å²) in [6.07, 6.45) is -3.11. The van der Waals surface area contributed by atoms with E-state index in [-0.39, 0.29) is 11.7 Å². The van der Waals surface area contributed by atoms with Gasteiger partial charge in [0, 0.05) is 6.04 Å². The van der Waals surface area contributed by atoms with Gasteiger partial charge in [-0.15, -0.1) is 0 Å². The first-order valence-corrected chi connectivity index (χ1v) is 12.0. The van der Waals surface area contributed by atoms with Gasteiger partial charge in [-0.2, -0.15) is 18.4 Å². The van der Waals surface area contributed by atoms with Crippen LogP contribution < -0.4 is 10.2 Å². The normalized spacial score (nSPS) is 29.9. The predicted octanol–water partition coefficient (Wildman–Crippen LogP) is 4.75. The highest BCUT2D eigenvalue weighted by Gasteiger charge is 2.73. The number of carbonyl (C=O) groups excluding carboxylic acids is 2. The molecule has 3 saturated heterocycles. The molecule has 188 valence electrons. The molecule has 2 bridgehead atoms. The zero-order chi connectivity index (χ0) is 25.9. The van der Waals surface area contributed by atoms with Crippen LogP contribution in [0.2, 0.25) is 0 Å². The van der Waals surface area contributed by atoms with Crippen molar-refractivity contribution in [1.82, 2.24) is 5.32 Å². The Balaban J connectivity index is 1.41. The Morgan fingerprint density at radius 1 is 1.14 bits per heavy atom. The molecule has 9 heteroatoms. The van der Waals surface area contributed by atoms with Crippen LogP contribution in [-0.4, -0.2) is 29.6 Å². The molecule has 3 aliphatic heterocycles. The van der Waals surface area contributed by atoms with Gasteiger partial charge in [0.05, 0.1) is 45.9 Å². The molecule has 2 aromatic rings. The lowest BCUT2D eigenvalue weighted by Gasteiger charge is -2.31. The molecule has 3 fully saturated rings. The largest absolute Gasteiger partial charge is 0.417 e. The summed E-state index contributed by atoms with van der Waals surface area (Å²) in [5.41, 5.74) is -2.48. The van der Waals surface area contributed by atoms with Crippen molar-refractivity contribution in [2.24, 2.45) is 11.8 Å². The van der Waals surface area contributed by atoms with Crippen LogP contribution in [0, 0.1) is 23.2 Å². The van der Waals surface area contributed by atoms with Crippen LogP contribution in [0.5, 0.6) is 0 Å². The Morgan fingerprint density at radius 2 is 1.83 bits per heavy atom. The maximum Gasteiger partial charge on any atom is 0.417 e. The first-order valence-electron chi connectivity index (χ1n) is 12.0. The van der Waals surface area contributed by atoms with Gasteiger partial charge >= 0.3 is 6.18 Å². The maximum atomic E-state index is 13.6. The van der Waals surface area contributed by atoms with E-state index in [0.717, 1.165) is 22.6 Å². The summed E-state index contributed by atoms with van der Waals surface area (Å²) in [6, 6.07) is 14.5. The van der Waals surface area contributed by atoms with Crippen molar-refractivity contribution in [1.29, 1.82) is 5.26 Å². The van der Waals surface area contributed by atoms with Crippen molar-refractivity contribution < 1.29 is 27.5 Å². The van der Waals surface area contributed by atoms with Crippen molar-refractivity contribution in [2.45, 2.75) is 56.5 Å². The fourth-order valence-electron chi connectivity index (χ4n) is 6.23. The number of imide groups is 1. The molecule has 0 spiro atoms. The number of nitrogens with one attached hydrogen (secondary N) is 1. The number of rotatable bonds is 6. The summed E-state index contributed by atoms with van der Waals surface area (Å²) in [6.45, 7) is 4.40. The zero-order valence-electron chi connectivity index (χ0n) is 19.9. The number of nitrogens with zero attached hydrogens (tertiary/aromatic N) is 2. The van der Waals surface area contributed by atoms with Crippen LogP contribution in [-0.2, 0) is 20.5 Å². The van der Waals surface area contributed by atoms with Crippen molar-refractivity contribution in [3.05, 3.63) is 65.2 Å². The van der Waals surface area contributed by atoms with Gasteiger partial charge in [0.15, 0.2) is 0 Å². The van der Waals surface area contributed by atoms with E-state index in [1.807, 2.05) is 44.2 Å². The minimum absolute atomic E-state index is 0.0736. The molecule has 0 aliphatic carbocycles. The second-order valence-corrected chi connectivity index (χ2v) is 10.1. The molecule has 5 rings (SSSR count). The number of nitriles is 1. The van der Waals surface area contributed by atoms with Gasteiger partial charge in [-0.25, -0.2) is 4.90 Å². The fourth-order valence-corrected chi connectivity index (χ4v) is 6.23. The summed E-state index contributed by atoms with van der Waals surface area (Å²) < 4.78 is 47.0. The van der Waals surface area contributed by atoms with E-state index in [9.17, 15) is 22.8 Å². The number of alkyl halides is 3. The number of carbonyl (C=O) groups is 2. The second-order valence-electron chi connectivity index (χ2n) is 10.1. The third-order valence-electron chi connectivity index (χ3n) is 8.00. The summed E-state index contributed by atoms with van der Waals surface area (Å²) in [7, 11) is 0. The minimum atomic E-state index is -4.79. The molecule has 0 saturated carbocycles. The first-order chi connectivity index (χ1) is 17.0. The Kier molecular flexibility index (Phi) is 5.73. The molecule has 3 aliphatic rings. The van der Waals surface area contributed by atoms with Gasteiger partial charge in [-0.05, 0) is 63.4 Å². The third kappa shape index (κ3) is 3.71. The van der Waals surface area contributed by atoms with Gasteiger partial charge in [0.2, 0.25) is 11.8 Å². The fraction of sp³-hybridized carbons (Fsp3) is 0.444. The lowest BCUT2D eigenvalue weighted by molar-refractivity contribution is -0.138. The molecule has 3 heterocycles. The Morgan fingerprint density at radius 3 is 2.50 bits per heavy atom. The number of halogens is 3. The van der Waals surface area contributed by atoms with E-state index in [1.54, 1.807) is 0 Å². The van der Waals surface area contributed by atoms with Crippen LogP contribution >= 0.6 is 0 Å². The van der Waals surface area contributed by atoms with E-state index >= 15 is 0 Å². The molecule has 2 aromatic carbocycles. The SMILES string of the molecule is CC(NCC[C@]12CC[C@](C)(O1)[C@@H]1C(=O)N(c3ccc(C#N)c(C(F)(F)F)c3)C(=O)[C@@H]12)c1ccccc1. The van der Waals surface area contributed by atoms with Crippen molar-refractivity contribution in [3.63, 3.8) is 0 Å². The van der Waals surface area contributed by atoms with Crippen LogP contribution in [0.15, 0.2) is 48.5 Å². The summed E-state index contributed by atoms with van der Waals surface area (Å²) in [4.78, 5) is 28.0. The lowest BCUT2D eigenvalue weighted by Crippen LogP contribution is -2.44. The molecule has 0 aromatic heterocycles. The van der Waals surface area contributed by atoms with Crippen LogP contribution in [0.4, 0.5) is 18.9 Å². The number of hydrogen-bond donors (Lipinski definition) is 1. The minimum Gasteiger partial charge on any atom is -0.367 e. The quantitative estimate of drug-likeness (QED) is 0.583. The van der Waals surface area contributed by atoms with Gasteiger partial charge in [-0.1, -0.05) is 30.3 Å². The van der Waals surface area contributed by atoms with Gasteiger partial charge in [-0.3, -0.25) is 9.59 Å². The topological polar surface area (TPSA) is 82.4 Å². The van der Waals surface area contributed by atoms with E-state index in [2.05, 4.69) is 5.32 Å². The van der Waals surface area contributed by atoms with E-state index in [0.29, 0.717) is 25.8 Å². The average Bonchev–Trinajstić information content (AvgIpc) is 3.43. The number of fused-ring (bicyclic) bond motifs is 5. The summed E-state index contributed by atoms with van der Waals surface area (Å²) >= 11 is 0. The van der Waals surface area contributed by atoms with Gasteiger partial charge in [0.25, 0.3) is 0 Å². The Labute approximate surface area is 207 Å². The third-order valence-corrected chi connectivity index (χ3v) is 8.00. The van der Waals surface area contributed by atoms with Crippen molar-refractivity contribution >= 4 is 17.5 Å². The molecule has 5 atom stereocenters. The maximum absolute atomic E-state index is 13.6. The van der Waals surface area contributed by atoms with Crippen molar-refractivity contribution in [2.75, 3.05) is 11.4 Å². The lowest BCUT2D eigenvalue weighted by atomic mass is 9.67. The highest BCUT2D eigenvalue weighted by molar-refractivity contribution is 6.23. The second kappa shape index (κ2) is 8.43. The smallest absolute Gasteiger partial charge is 0.367 e. The molecule has 6 nitrogen and oxygen atoms in total. The number of ether oxygens (including phenoxy) is 1.